The van der Waals surface area contributed by atoms with Crippen molar-refractivity contribution >= 4 is 22.9 Å². The van der Waals surface area contributed by atoms with Crippen LogP contribution in [0.1, 0.15) is 12.8 Å². The molecule has 1 fully saturated rings. The lowest BCUT2D eigenvalue weighted by atomic mass is 10.3. The van der Waals surface area contributed by atoms with Gasteiger partial charge in [-0.05, 0) is 18.6 Å². The summed E-state index contributed by atoms with van der Waals surface area (Å²) < 4.78 is 16.6. The number of hydrogen-bond acceptors (Lipinski definition) is 5. The van der Waals surface area contributed by atoms with Crippen molar-refractivity contribution in [3.05, 3.63) is 24.3 Å². The molecule has 0 aliphatic carbocycles. The zero-order chi connectivity index (χ0) is 12.2. The number of thioether (sulfide) groups is 1. The normalized spacial score (nSPS) is 17.3. The lowest BCUT2D eigenvalue weighted by Gasteiger charge is -2.22. The average Bonchev–Trinajstić information content (AvgIpc) is 2.82. The Balaban J connectivity index is 1.53. The molecule has 3 rings (SSSR count). The van der Waals surface area contributed by atoms with E-state index in [1.807, 2.05) is 24.3 Å². The van der Waals surface area contributed by atoms with Crippen LogP contribution in [0.5, 0.6) is 0 Å². The third kappa shape index (κ3) is 2.85. The first-order valence-corrected chi connectivity index (χ1v) is 7.12. The van der Waals surface area contributed by atoms with Crippen LogP contribution in [0.3, 0.4) is 0 Å². The summed E-state index contributed by atoms with van der Waals surface area (Å²) in [6.07, 6.45) is 1.80. The van der Waals surface area contributed by atoms with E-state index in [1.54, 1.807) is 11.8 Å². The minimum absolute atomic E-state index is 0.0596. The SMILES string of the molecule is c1ccc2oc(SCCC3OCCCO3)nc2c1. The molecule has 0 N–H and O–H groups in total. The largest absolute Gasteiger partial charge is 0.431 e. The molecule has 1 aromatic carbocycles. The third-order valence-corrected chi connectivity index (χ3v) is 3.61. The second-order valence-electron chi connectivity index (χ2n) is 4.11. The monoisotopic (exact) mass is 265 g/mol. The number of ether oxygens (including phenoxy) is 2. The molecule has 5 heteroatoms. The van der Waals surface area contributed by atoms with Crippen LogP contribution in [0.4, 0.5) is 0 Å². The predicted molar refractivity (Wildman–Crippen MR) is 69.7 cm³/mol. The van der Waals surface area contributed by atoms with Crippen molar-refractivity contribution in [2.75, 3.05) is 19.0 Å². The van der Waals surface area contributed by atoms with E-state index in [2.05, 4.69) is 4.98 Å². The highest BCUT2D eigenvalue weighted by atomic mass is 32.2. The van der Waals surface area contributed by atoms with Crippen molar-refractivity contribution in [3.63, 3.8) is 0 Å². The second-order valence-corrected chi connectivity index (χ2v) is 5.16. The number of oxazole rings is 1. The Hall–Kier alpha value is -1.04. The number of benzene rings is 1. The molecule has 1 aliphatic rings. The Morgan fingerprint density at radius 2 is 2.06 bits per heavy atom. The number of nitrogens with zero attached hydrogens (tertiary/aromatic N) is 1. The number of aromatic nitrogens is 1. The van der Waals surface area contributed by atoms with E-state index in [9.17, 15) is 0 Å². The van der Waals surface area contributed by atoms with Gasteiger partial charge < -0.3 is 13.9 Å². The molecular formula is C13H15NO3S. The van der Waals surface area contributed by atoms with E-state index in [4.69, 9.17) is 13.9 Å². The Morgan fingerprint density at radius 3 is 2.89 bits per heavy atom. The molecular weight excluding hydrogens is 250 g/mol. The van der Waals surface area contributed by atoms with E-state index in [0.717, 1.165) is 42.9 Å². The standard InChI is InChI=1S/C13H15NO3S/c1-2-5-11-10(4-1)14-13(17-11)18-9-6-12-15-7-3-8-16-12/h1-2,4-5,12H,3,6-9H2. The van der Waals surface area contributed by atoms with E-state index >= 15 is 0 Å². The van der Waals surface area contributed by atoms with Crippen molar-refractivity contribution < 1.29 is 13.9 Å². The second kappa shape index (κ2) is 5.73. The van der Waals surface area contributed by atoms with Gasteiger partial charge in [0.05, 0.1) is 13.2 Å². The van der Waals surface area contributed by atoms with E-state index < -0.39 is 0 Å². The zero-order valence-corrected chi connectivity index (χ0v) is 10.8. The van der Waals surface area contributed by atoms with Crippen molar-refractivity contribution in [2.45, 2.75) is 24.4 Å². The highest BCUT2D eigenvalue weighted by molar-refractivity contribution is 7.99. The van der Waals surface area contributed by atoms with Gasteiger partial charge in [-0.3, -0.25) is 0 Å². The maximum absolute atomic E-state index is 5.63. The molecule has 18 heavy (non-hydrogen) atoms. The molecule has 2 aromatic rings. The number of hydrogen-bond donors (Lipinski definition) is 0. The summed E-state index contributed by atoms with van der Waals surface area (Å²) in [4.78, 5) is 4.41. The van der Waals surface area contributed by atoms with Gasteiger partial charge >= 0.3 is 0 Å². The van der Waals surface area contributed by atoms with Crippen molar-refractivity contribution in [1.29, 1.82) is 0 Å². The highest BCUT2D eigenvalue weighted by Crippen LogP contribution is 2.24. The van der Waals surface area contributed by atoms with Crippen LogP contribution >= 0.6 is 11.8 Å². The smallest absolute Gasteiger partial charge is 0.256 e. The van der Waals surface area contributed by atoms with Crippen LogP contribution in [0.2, 0.25) is 0 Å². The zero-order valence-electron chi connectivity index (χ0n) is 10.0. The first kappa shape index (κ1) is 12.0. The summed E-state index contributed by atoms with van der Waals surface area (Å²) in [5.41, 5.74) is 1.75. The summed E-state index contributed by atoms with van der Waals surface area (Å²) in [5, 5.41) is 0.715. The maximum Gasteiger partial charge on any atom is 0.256 e. The number of fused-ring (bicyclic) bond motifs is 1. The summed E-state index contributed by atoms with van der Waals surface area (Å²) >= 11 is 1.60. The van der Waals surface area contributed by atoms with Crippen molar-refractivity contribution in [2.24, 2.45) is 0 Å². The molecule has 0 radical (unpaired) electrons. The molecule has 1 aromatic heterocycles. The van der Waals surface area contributed by atoms with Gasteiger partial charge in [0, 0.05) is 12.2 Å². The molecule has 96 valence electrons. The fourth-order valence-electron chi connectivity index (χ4n) is 1.86. The van der Waals surface area contributed by atoms with Gasteiger partial charge in [-0.1, -0.05) is 23.9 Å². The average molecular weight is 265 g/mol. The number of para-hydroxylation sites is 2. The summed E-state index contributed by atoms with van der Waals surface area (Å²) in [7, 11) is 0. The maximum atomic E-state index is 5.63. The fourth-order valence-corrected chi connectivity index (χ4v) is 2.66. The van der Waals surface area contributed by atoms with E-state index in [-0.39, 0.29) is 6.29 Å². The molecule has 2 heterocycles. The van der Waals surface area contributed by atoms with Crippen molar-refractivity contribution in [1.82, 2.24) is 4.98 Å². The topological polar surface area (TPSA) is 44.5 Å². The van der Waals surface area contributed by atoms with Gasteiger partial charge in [-0.15, -0.1) is 0 Å². The first-order chi connectivity index (χ1) is 8.92. The predicted octanol–water partition coefficient (Wildman–Crippen LogP) is 3.07. The summed E-state index contributed by atoms with van der Waals surface area (Å²) in [6, 6.07) is 7.80. The Labute approximate surface area is 110 Å². The third-order valence-electron chi connectivity index (χ3n) is 2.75. The minimum Gasteiger partial charge on any atom is -0.431 e. The van der Waals surface area contributed by atoms with Crippen LogP contribution in [0, 0.1) is 0 Å². The molecule has 0 saturated carbocycles. The van der Waals surface area contributed by atoms with Gasteiger partial charge in [0.2, 0.25) is 0 Å². The van der Waals surface area contributed by atoms with E-state index in [1.165, 1.54) is 0 Å². The van der Waals surface area contributed by atoms with Gasteiger partial charge in [0.15, 0.2) is 11.9 Å². The van der Waals surface area contributed by atoms with Crippen molar-refractivity contribution in [3.8, 4) is 0 Å². The van der Waals surface area contributed by atoms with Gasteiger partial charge in [0.1, 0.15) is 5.52 Å². The molecule has 0 spiro atoms. The molecule has 1 saturated heterocycles. The van der Waals surface area contributed by atoms with Crippen LogP contribution in [0.25, 0.3) is 11.1 Å². The van der Waals surface area contributed by atoms with Gasteiger partial charge in [-0.25, -0.2) is 4.98 Å². The van der Waals surface area contributed by atoms with Crippen LogP contribution < -0.4 is 0 Å². The quantitative estimate of drug-likeness (QED) is 0.795. The fraction of sp³-hybridized carbons (Fsp3) is 0.462. The molecule has 0 amide bonds. The highest BCUT2D eigenvalue weighted by Gasteiger charge is 2.14. The molecule has 0 atom stereocenters. The Morgan fingerprint density at radius 1 is 1.22 bits per heavy atom. The Kier molecular flexibility index (Phi) is 3.83. The molecule has 1 aliphatic heterocycles. The Bertz CT molecular complexity index is 475. The first-order valence-electron chi connectivity index (χ1n) is 6.13. The summed E-state index contributed by atoms with van der Waals surface area (Å²) in [5.74, 6) is 0.886. The van der Waals surface area contributed by atoms with Gasteiger partial charge in [0.25, 0.3) is 5.22 Å². The molecule has 0 bridgehead atoms. The van der Waals surface area contributed by atoms with Crippen LogP contribution in [-0.4, -0.2) is 30.2 Å². The van der Waals surface area contributed by atoms with Crippen LogP contribution in [-0.2, 0) is 9.47 Å². The summed E-state index contributed by atoms with van der Waals surface area (Å²) in [6.45, 7) is 1.61. The van der Waals surface area contributed by atoms with Gasteiger partial charge in [-0.2, -0.15) is 0 Å². The lowest BCUT2D eigenvalue weighted by molar-refractivity contribution is -0.178. The van der Waals surface area contributed by atoms with E-state index in [0.29, 0.717) is 5.22 Å². The van der Waals surface area contributed by atoms with Crippen LogP contribution in [0.15, 0.2) is 33.9 Å². The molecule has 0 unspecified atom stereocenters. The minimum atomic E-state index is -0.0596. The lowest BCUT2D eigenvalue weighted by Crippen LogP contribution is -2.25. The molecule has 4 nitrogen and oxygen atoms in total. The number of rotatable bonds is 4.